The molecule has 0 aliphatic heterocycles. The van der Waals surface area contributed by atoms with Gasteiger partial charge in [-0.25, -0.2) is 4.79 Å². The molecule has 102 valence electrons. The van der Waals surface area contributed by atoms with Crippen LogP contribution in [0.25, 0.3) is 0 Å². The third-order valence-corrected chi connectivity index (χ3v) is 2.94. The maximum atomic E-state index is 11.9. The molecule has 0 bridgehead atoms. The van der Waals surface area contributed by atoms with Crippen LogP contribution in [0.2, 0.25) is 0 Å². The molecule has 20 heavy (non-hydrogen) atoms. The minimum absolute atomic E-state index is 0.172. The normalized spacial score (nSPS) is 10.0. The van der Waals surface area contributed by atoms with E-state index in [1.165, 1.54) is 24.3 Å². The Morgan fingerprint density at radius 3 is 2.10 bits per heavy atom. The summed E-state index contributed by atoms with van der Waals surface area (Å²) in [6, 6.07) is 15.8. The van der Waals surface area contributed by atoms with Gasteiger partial charge in [-0.1, -0.05) is 30.3 Å². The predicted octanol–water partition coefficient (Wildman–Crippen LogP) is 2.36. The van der Waals surface area contributed by atoms with E-state index in [1.807, 2.05) is 30.3 Å². The molecule has 2 aromatic carbocycles. The van der Waals surface area contributed by atoms with E-state index in [4.69, 9.17) is 5.11 Å². The number of carboxylic acids is 1. The Bertz CT molecular complexity index is 591. The van der Waals surface area contributed by atoms with Crippen molar-refractivity contribution in [2.24, 2.45) is 0 Å². The Labute approximate surface area is 117 Å². The number of nitrogens with one attached hydrogen (secondary N) is 1. The zero-order valence-corrected chi connectivity index (χ0v) is 10.9. The van der Waals surface area contributed by atoms with Gasteiger partial charge >= 0.3 is 5.97 Å². The molecule has 0 radical (unpaired) electrons. The summed E-state index contributed by atoms with van der Waals surface area (Å²) in [5.41, 5.74) is 1.79. The van der Waals surface area contributed by atoms with Crippen molar-refractivity contribution in [3.8, 4) is 0 Å². The summed E-state index contributed by atoms with van der Waals surface area (Å²) in [5.74, 6) is -1.20. The number of carboxylic acid groups (broad SMARTS) is 1. The largest absolute Gasteiger partial charge is 0.478 e. The molecule has 0 atom stereocenters. The Morgan fingerprint density at radius 2 is 1.50 bits per heavy atom. The van der Waals surface area contributed by atoms with Crippen LogP contribution < -0.4 is 5.32 Å². The third kappa shape index (κ3) is 3.68. The van der Waals surface area contributed by atoms with Gasteiger partial charge in [0.1, 0.15) is 0 Å². The molecule has 2 N–H and O–H groups in total. The Kier molecular flexibility index (Phi) is 4.50. The number of hydrogen-bond donors (Lipinski definition) is 2. The fourth-order valence-electron chi connectivity index (χ4n) is 1.83. The van der Waals surface area contributed by atoms with Crippen LogP contribution in [0.1, 0.15) is 26.3 Å². The van der Waals surface area contributed by atoms with Crippen molar-refractivity contribution >= 4 is 11.9 Å². The molecule has 4 nitrogen and oxygen atoms in total. The first-order valence-corrected chi connectivity index (χ1v) is 6.32. The van der Waals surface area contributed by atoms with Crippen LogP contribution in [0, 0.1) is 0 Å². The number of benzene rings is 2. The number of aromatic carboxylic acids is 1. The molecule has 2 aromatic rings. The molecule has 0 saturated carbocycles. The van der Waals surface area contributed by atoms with E-state index >= 15 is 0 Å². The van der Waals surface area contributed by atoms with Crippen molar-refractivity contribution in [2.45, 2.75) is 6.42 Å². The highest BCUT2D eigenvalue weighted by Crippen LogP contribution is 2.05. The summed E-state index contributed by atoms with van der Waals surface area (Å²) in [6.45, 7) is 0.545. The van der Waals surface area contributed by atoms with Gasteiger partial charge in [0.05, 0.1) is 5.56 Å². The second-order valence-electron chi connectivity index (χ2n) is 4.37. The summed E-state index contributed by atoms with van der Waals surface area (Å²) < 4.78 is 0. The van der Waals surface area contributed by atoms with Gasteiger partial charge in [-0.3, -0.25) is 4.79 Å². The van der Waals surface area contributed by atoms with E-state index in [9.17, 15) is 9.59 Å². The van der Waals surface area contributed by atoms with Crippen LogP contribution in [0.3, 0.4) is 0 Å². The maximum absolute atomic E-state index is 11.9. The average molecular weight is 269 g/mol. The number of rotatable bonds is 5. The van der Waals surface area contributed by atoms with Gasteiger partial charge in [-0.15, -0.1) is 0 Å². The van der Waals surface area contributed by atoms with Gasteiger partial charge in [-0.2, -0.15) is 0 Å². The lowest BCUT2D eigenvalue weighted by atomic mass is 10.1. The molecule has 2 rings (SSSR count). The summed E-state index contributed by atoms with van der Waals surface area (Å²) in [5, 5.41) is 11.6. The standard InChI is InChI=1S/C16H15NO3/c18-15(13-6-8-14(9-7-13)16(19)20)17-11-10-12-4-2-1-3-5-12/h1-9H,10-11H2,(H,17,18)(H,19,20). The zero-order chi connectivity index (χ0) is 14.4. The SMILES string of the molecule is O=C(O)c1ccc(C(=O)NCCc2ccccc2)cc1. The highest BCUT2D eigenvalue weighted by Gasteiger charge is 2.07. The van der Waals surface area contributed by atoms with Gasteiger partial charge in [0.25, 0.3) is 5.91 Å². The Hall–Kier alpha value is -2.62. The molecule has 0 fully saturated rings. The van der Waals surface area contributed by atoms with E-state index in [1.54, 1.807) is 0 Å². The molecular weight excluding hydrogens is 254 g/mol. The van der Waals surface area contributed by atoms with E-state index in [2.05, 4.69) is 5.32 Å². The smallest absolute Gasteiger partial charge is 0.335 e. The Balaban J connectivity index is 1.87. The van der Waals surface area contributed by atoms with Crippen LogP contribution in [-0.4, -0.2) is 23.5 Å². The average Bonchev–Trinajstić information content (AvgIpc) is 2.48. The monoisotopic (exact) mass is 269 g/mol. The summed E-state index contributed by atoms with van der Waals surface area (Å²) in [6.07, 6.45) is 0.764. The third-order valence-electron chi connectivity index (χ3n) is 2.94. The summed E-state index contributed by atoms with van der Waals surface area (Å²) in [4.78, 5) is 22.6. The molecule has 0 aromatic heterocycles. The fourth-order valence-corrected chi connectivity index (χ4v) is 1.83. The Morgan fingerprint density at radius 1 is 0.900 bits per heavy atom. The van der Waals surface area contributed by atoms with Gasteiger partial charge in [0, 0.05) is 12.1 Å². The molecule has 0 aliphatic rings. The molecule has 0 heterocycles. The van der Waals surface area contributed by atoms with Crippen molar-refractivity contribution in [1.29, 1.82) is 0 Å². The van der Waals surface area contributed by atoms with Gasteiger partial charge in [0.2, 0.25) is 0 Å². The molecule has 0 unspecified atom stereocenters. The number of hydrogen-bond acceptors (Lipinski definition) is 2. The summed E-state index contributed by atoms with van der Waals surface area (Å²) >= 11 is 0. The number of amides is 1. The second kappa shape index (κ2) is 6.52. The first kappa shape index (κ1) is 13.8. The maximum Gasteiger partial charge on any atom is 0.335 e. The minimum Gasteiger partial charge on any atom is -0.478 e. The lowest BCUT2D eigenvalue weighted by Crippen LogP contribution is -2.25. The van der Waals surface area contributed by atoms with Crippen molar-refractivity contribution < 1.29 is 14.7 Å². The van der Waals surface area contributed by atoms with Crippen molar-refractivity contribution in [3.63, 3.8) is 0 Å². The minimum atomic E-state index is -0.999. The van der Waals surface area contributed by atoms with Crippen molar-refractivity contribution in [2.75, 3.05) is 6.54 Å². The van der Waals surface area contributed by atoms with E-state index < -0.39 is 5.97 Å². The van der Waals surface area contributed by atoms with E-state index in [0.717, 1.165) is 12.0 Å². The highest BCUT2D eigenvalue weighted by molar-refractivity contribution is 5.95. The van der Waals surface area contributed by atoms with Gasteiger partial charge < -0.3 is 10.4 Å². The quantitative estimate of drug-likeness (QED) is 0.875. The van der Waals surface area contributed by atoms with E-state index in [-0.39, 0.29) is 11.5 Å². The van der Waals surface area contributed by atoms with Gasteiger partial charge in [-0.05, 0) is 36.2 Å². The lowest BCUT2D eigenvalue weighted by molar-refractivity contribution is 0.0696. The topological polar surface area (TPSA) is 66.4 Å². The number of carbonyl (C=O) groups excluding carboxylic acids is 1. The van der Waals surface area contributed by atoms with Gasteiger partial charge in [0.15, 0.2) is 0 Å². The molecule has 0 saturated heterocycles. The van der Waals surface area contributed by atoms with Crippen molar-refractivity contribution in [1.82, 2.24) is 5.32 Å². The fraction of sp³-hybridized carbons (Fsp3) is 0.125. The van der Waals surface area contributed by atoms with Crippen LogP contribution in [0.5, 0.6) is 0 Å². The zero-order valence-electron chi connectivity index (χ0n) is 10.9. The summed E-state index contributed by atoms with van der Waals surface area (Å²) in [7, 11) is 0. The molecule has 4 heteroatoms. The molecule has 1 amide bonds. The highest BCUT2D eigenvalue weighted by atomic mass is 16.4. The molecule has 0 spiro atoms. The van der Waals surface area contributed by atoms with E-state index in [0.29, 0.717) is 12.1 Å². The predicted molar refractivity (Wildman–Crippen MR) is 75.9 cm³/mol. The first-order chi connectivity index (χ1) is 9.66. The van der Waals surface area contributed by atoms with Crippen LogP contribution in [-0.2, 0) is 6.42 Å². The number of carbonyl (C=O) groups is 2. The van der Waals surface area contributed by atoms with Crippen LogP contribution in [0.4, 0.5) is 0 Å². The lowest BCUT2D eigenvalue weighted by Gasteiger charge is -2.05. The molecular formula is C16H15NO3. The van der Waals surface area contributed by atoms with Crippen LogP contribution >= 0.6 is 0 Å². The van der Waals surface area contributed by atoms with Crippen molar-refractivity contribution in [3.05, 3.63) is 71.3 Å². The first-order valence-electron chi connectivity index (χ1n) is 6.32. The second-order valence-corrected chi connectivity index (χ2v) is 4.37. The molecule has 0 aliphatic carbocycles. The van der Waals surface area contributed by atoms with Crippen LogP contribution in [0.15, 0.2) is 54.6 Å².